The van der Waals surface area contributed by atoms with Gasteiger partial charge in [0.05, 0.1) is 11.3 Å². The Kier molecular flexibility index (Phi) is 4.74. The average Bonchev–Trinajstić information content (AvgIpc) is 2.80. The van der Waals surface area contributed by atoms with E-state index in [1.54, 1.807) is 0 Å². The molecule has 114 valence electrons. The molecule has 20 heavy (non-hydrogen) atoms. The van der Waals surface area contributed by atoms with Crippen LogP contribution in [0.5, 0.6) is 0 Å². The van der Waals surface area contributed by atoms with E-state index in [9.17, 15) is 0 Å². The maximum absolute atomic E-state index is 6.05. The van der Waals surface area contributed by atoms with Crippen LogP contribution >= 0.6 is 0 Å². The molecule has 1 aliphatic rings. The zero-order valence-corrected chi connectivity index (χ0v) is 13.6. The van der Waals surface area contributed by atoms with Crippen molar-refractivity contribution in [2.24, 2.45) is 0 Å². The SMILES string of the molecule is CCC1(CC)CC(Nc2nc(C)cn2C(C)C)CCO1. The molecule has 1 aliphatic heterocycles. The molecular weight excluding hydrogens is 250 g/mol. The van der Waals surface area contributed by atoms with Gasteiger partial charge in [0.25, 0.3) is 0 Å². The van der Waals surface area contributed by atoms with Crippen LogP contribution in [0.2, 0.25) is 0 Å². The molecule has 0 spiro atoms. The zero-order chi connectivity index (χ0) is 14.8. The highest BCUT2D eigenvalue weighted by Crippen LogP contribution is 2.32. The first-order valence-corrected chi connectivity index (χ1v) is 7.95. The standard InChI is InChI=1S/C16H29N3O/c1-6-16(7-2)10-14(8-9-20-16)18-15-17-13(5)11-19(15)12(3)4/h11-12,14H,6-10H2,1-5H3,(H,17,18). The molecule has 0 bridgehead atoms. The summed E-state index contributed by atoms with van der Waals surface area (Å²) in [6.07, 6.45) is 6.42. The second kappa shape index (κ2) is 6.17. The monoisotopic (exact) mass is 279 g/mol. The Hall–Kier alpha value is -1.03. The molecular formula is C16H29N3O. The third-order valence-corrected chi connectivity index (χ3v) is 4.52. The normalized spacial score (nSPS) is 22.2. The molecule has 1 unspecified atom stereocenters. The lowest BCUT2D eigenvalue weighted by Gasteiger charge is -2.40. The number of aromatic nitrogens is 2. The molecule has 0 radical (unpaired) electrons. The van der Waals surface area contributed by atoms with Gasteiger partial charge < -0.3 is 14.6 Å². The second-order valence-electron chi connectivity index (χ2n) is 6.28. The Labute approximate surface area is 122 Å². The first-order chi connectivity index (χ1) is 9.49. The van der Waals surface area contributed by atoms with E-state index in [1.807, 2.05) is 0 Å². The van der Waals surface area contributed by atoms with Gasteiger partial charge in [-0.15, -0.1) is 0 Å². The van der Waals surface area contributed by atoms with Gasteiger partial charge in [0, 0.05) is 24.9 Å². The fourth-order valence-electron chi connectivity index (χ4n) is 3.09. The predicted molar refractivity (Wildman–Crippen MR) is 83.3 cm³/mol. The molecule has 4 heteroatoms. The summed E-state index contributed by atoms with van der Waals surface area (Å²) in [6, 6.07) is 0.892. The average molecular weight is 279 g/mol. The van der Waals surface area contributed by atoms with Crippen LogP contribution in [-0.2, 0) is 4.74 Å². The van der Waals surface area contributed by atoms with Gasteiger partial charge in [-0.1, -0.05) is 13.8 Å². The van der Waals surface area contributed by atoms with E-state index in [0.717, 1.165) is 43.9 Å². The van der Waals surface area contributed by atoms with E-state index in [-0.39, 0.29) is 5.60 Å². The minimum atomic E-state index is 0.0558. The van der Waals surface area contributed by atoms with Crippen LogP contribution in [0, 0.1) is 6.92 Å². The molecule has 2 rings (SSSR count). The minimum Gasteiger partial charge on any atom is -0.375 e. The van der Waals surface area contributed by atoms with Crippen molar-refractivity contribution in [3.8, 4) is 0 Å². The number of anilines is 1. The molecule has 1 N–H and O–H groups in total. The molecule has 1 fully saturated rings. The lowest BCUT2D eigenvalue weighted by molar-refractivity contribution is -0.0865. The van der Waals surface area contributed by atoms with Crippen LogP contribution < -0.4 is 5.32 Å². The van der Waals surface area contributed by atoms with E-state index in [2.05, 4.69) is 55.7 Å². The van der Waals surface area contributed by atoms with Gasteiger partial charge in [0.1, 0.15) is 0 Å². The van der Waals surface area contributed by atoms with Crippen molar-refractivity contribution >= 4 is 5.95 Å². The second-order valence-corrected chi connectivity index (χ2v) is 6.28. The molecule has 4 nitrogen and oxygen atoms in total. The minimum absolute atomic E-state index is 0.0558. The topological polar surface area (TPSA) is 39.1 Å². The highest BCUT2D eigenvalue weighted by atomic mass is 16.5. The fourth-order valence-corrected chi connectivity index (χ4v) is 3.09. The summed E-state index contributed by atoms with van der Waals surface area (Å²) in [4.78, 5) is 4.64. The van der Waals surface area contributed by atoms with E-state index < -0.39 is 0 Å². The number of rotatable bonds is 5. The molecule has 1 aromatic heterocycles. The van der Waals surface area contributed by atoms with Gasteiger partial charge in [-0.2, -0.15) is 0 Å². The Morgan fingerprint density at radius 1 is 1.45 bits per heavy atom. The third-order valence-electron chi connectivity index (χ3n) is 4.52. The molecule has 1 aromatic rings. The molecule has 0 saturated carbocycles. The number of hydrogen-bond acceptors (Lipinski definition) is 3. The summed E-state index contributed by atoms with van der Waals surface area (Å²) in [5.74, 6) is 1.01. The van der Waals surface area contributed by atoms with Crippen molar-refractivity contribution in [3.63, 3.8) is 0 Å². The van der Waals surface area contributed by atoms with Gasteiger partial charge in [-0.3, -0.25) is 0 Å². The van der Waals surface area contributed by atoms with Crippen LogP contribution in [-0.4, -0.2) is 27.8 Å². The van der Waals surface area contributed by atoms with Gasteiger partial charge in [0.2, 0.25) is 5.95 Å². The van der Waals surface area contributed by atoms with Crippen molar-refractivity contribution in [1.82, 2.24) is 9.55 Å². The first-order valence-electron chi connectivity index (χ1n) is 7.95. The van der Waals surface area contributed by atoms with Gasteiger partial charge in [0.15, 0.2) is 0 Å². The van der Waals surface area contributed by atoms with E-state index in [4.69, 9.17) is 4.74 Å². The van der Waals surface area contributed by atoms with Crippen molar-refractivity contribution in [3.05, 3.63) is 11.9 Å². The smallest absolute Gasteiger partial charge is 0.203 e. The predicted octanol–water partition coefficient (Wildman–Crippen LogP) is 3.92. The van der Waals surface area contributed by atoms with Crippen LogP contribution in [0.25, 0.3) is 0 Å². The molecule has 0 aromatic carbocycles. The number of ether oxygens (including phenoxy) is 1. The quantitative estimate of drug-likeness (QED) is 0.888. The summed E-state index contributed by atoms with van der Waals surface area (Å²) in [6.45, 7) is 11.7. The van der Waals surface area contributed by atoms with E-state index in [0.29, 0.717) is 12.1 Å². The summed E-state index contributed by atoms with van der Waals surface area (Å²) in [7, 11) is 0. The van der Waals surface area contributed by atoms with Crippen LogP contribution in [0.3, 0.4) is 0 Å². The number of nitrogens with one attached hydrogen (secondary N) is 1. The van der Waals surface area contributed by atoms with Gasteiger partial charge >= 0.3 is 0 Å². The Bertz CT molecular complexity index is 435. The number of nitrogens with zero attached hydrogens (tertiary/aromatic N) is 2. The van der Waals surface area contributed by atoms with Crippen LogP contribution in [0.1, 0.15) is 65.1 Å². The zero-order valence-electron chi connectivity index (χ0n) is 13.6. The maximum Gasteiger partial charge on any atom is 0.203 e. The van der Waals surface area contributed by atoms with Crippen molar-refractivity contribution < 1.29 is 4.74 Å². The summed E-state index contributed by atoms with van der Waals surface area (Å²) in [5.41, 5.74) is 1.13. The Balaban J connectivity index is 2.10. The highest BCUT2D eigenvalue weighted by Gasteiger charge is 2.34. The van der Waals surface area contributed by atoms with Crippen LogP contribution in [0.15, 0.2) is 6.20 Å². The van der Waals surface area contributed by atoms with Crippen molar-refractivity contribution in [2.75, 3.05) is 11.9 Å². The van der Waals surface area contributed by atoms with Gasteiger partial charge in [-0.25, -0.2) is 4.98 Å². The Morgan fingerprint density at radius 2 is 2.15 bits per heavy atom. The lowest BCUT2D eigenvalue weighted by atomic mass is 9.86. The first kappa shape index (κ1) is 15.4. The molecule has 0 aliphatic carbocycles. The molecule has 1 atom stereocenters. The van der Waals surface area contributed by atoms with Crippen molar-refractivity contribution in [1.29, 1.82) is 0 Å². The number of hydrogen-bond donors (Lipinski definition) is 1. The fraction of sp³-hybridized carbons (Fsp3) is 0.812. The van der Waals surface area contributed by atoms with Crippen LogP contribution in [0.4, 0.5) is 5.95 Å². The molecule has 1 saturated heterocycles. The summed E-state index contributed by atoms with van der Waals surface area (Å²) < 4.78 is 8.27. The van der Waals surface area contributed by atoms with E-state index in [1.165, 1.54) is 0 Å². The molecule has 2 heterocycles. The molecule has 0 amide bonds. The highest BCUT2D eigenvalue weighted by molar-refractivity contribution is 5.31. The summed E-state index contributed by atoms with van der Waals surface area (Å²) >= 11 is 0. The lowest BCUT2D eigenvalue weighted by Crippen LogP contribution is -2.44. The largest absolute Gasteiger partial charge is 0.375 e. The van der Waals surface area contributed by atoms with Crippen molar-refractivity contribution in [2.45, 2.75) is 78.0 Å². The summed E-state index contributed by atoms with van der Waals surface area (Å²) in [5, 5.41) is 3.65. The van der Waals surface area contributed by atoms with E-state index >= 15 is 0 Å². The Morgan fingerprint density at radius 3 is 2.75 bits per heavy atom. The third kappa shape index (κ3) is 3.17. The number of aryl methyl sites for hydroxylation is 1. The van der Waals surface area contributed by atoms with Gasteiger partial charge in [-0.05, 0) is 46.5 Å². The number of imidazole rings is 1. The maximum atomic E-state index is 6.05.